The van der Waals surface area contributed by atoms with E-state index in [1.54, 1.807) is 6.33 Å². The largest absolute Gasteiger partial charge is 0.382 e. The van der Waals surface area contributed by atoms with Crippen molar-refractivity contribution in [2.24, 2.45) is 0 Å². The monoisotopic (exact) mass is 364 g/mol. The summed E-state index contributed by atoms with van der Waals surface area (Å²) in [7, 11) is 0. The van der Waals surface area contributed by atoms with E-state index in [0.29, 0.717) is 11.7 Å². The summed E-state index contributed by atoms with van der Waals surface area (Å²) in [6.45, 7) is 1.85. The van der Waals surface area contributed by atoms with E-state index in [1.807, 2.05) is 6.07 Å². The normalized spacial score (nSPS) is 15.3. The summed E-state index contributed by atoms with van der Waals surface area (Å²) in [6.07, 6.45) is 3.72. The fourth-order valence-electron chi connectivity index (χ4n) is 3.03. The summed E-state index contributed by atoms with van der Waals surface area (Å²) in [5, 5.41) is 3.83. The van der Waals surface area contributed by atoms with Crippen LogP contribution in [0.15, 0.2) is 36.7 Å². The van der Waals surface area contributed by atoms with Crippen molar-refractivity contribution in [1.82, 2.24) is 19.9 Å². The Hall–Kier alpha value is -2.05. The lowest BCUT2D eigenvalue weighted by atomic mass is 10.0. The van der Waals surface area contributed by atoms with Gasteiger partial charge in [0.25, 0.3) is 0 Å². The van der Waals surface area contributed by atoms with Gasteiger partial charge in [-0.2, -0.15) is 9.97 Å². The third-order valence-corrected chi connectivity index (χ3v) is 4.35. The Morgan fingerprint density at radius 1 is 1.12 bits per heavy atom. The van der Waals surface area contributed by atoms with Gasteiger partial charge in [0, 0.05) is 24.8 Å². The van der Waals surface area contributed by atoms with E-state index in [1.165, 1.54) is 5.69 Å². The molecular formula is C16H18Cl2N6. The van der Waals surface area contributed by atoms with E-state index in [2.05, 4.69) is 54.4 Å². The van der Waals surface area contributed by atoms with Gasteiger partial charge in [-0.1, -0.05) is 18.2 Å². The summed E-state index contributed by atoms with van der Waals surface area (Å²) in [4.78, 5) is 18.1. The molecule has 0 atom stereocenters. The zero-order valence-corrected chi connectivity index (χ0v) is 14.5. The highest BCUT2D eigenvalue weighted by Gasteiger charge is 2.23. The van der Waals surface area contributed by atoms with Crippen molar-refractivity contribution in [3.05, 3.63) is 41.9 Å². The molecular weight excluding hydrogens is 347 g/mol. The van der Waals surface area contributed by atoms with Crippen LogP contribution in [0.1, 0.15) is 12.8 Å². The average Bonchev–Trinajstić information content (AvgIpc) is 3.04. The molecule has 0 spiro atoms. The van der Waals surface area contributed by atoms with Gasteiger partial charge in [-0.25, -0.2) is 4.98 Å². The lowest BCUT2D eigenvalue weighted by molar-refractivity contribution is 0.524. The molecule has 3 heterocycles. The summed E-state index contributed by atoms with van der Waals surface area (Å²) in [5.74, 6) is 0.843. The number of hydrogen-bond acceptors (Lipinski definition) is 5. The Balaban J connectivity index is 0.00000169. The number of para-hydroxylation sites is 1. The second-order valence-electron chi connectivity index (χ2n) is 5.69. The van der Waals surface area contributed by atoms with E-state index in [9.17, 15) is 0 Å². The number of H-pyrrole nitrogens is 1. The average molecular weight is 365 g/mol. The predicted octanol–water partition coefficient (Wildman–Crippen LogP) is 3.51. The number of benzene rings is 1. The molecule has 0 bridgehead atoms. The maximum Gasteiger partial charge on any atom is 0.226 e. The Morgan fingerprint density at radius 2 is 1.88 bits per heavy atom. The fourth-order valence-corrected chi connectivity index (χ4v) is 3.19. The van der Waals surface area contributed by atoms with Gasteiger partial charge in [0.1, 0.15) is 5.52 Å². The molecule has 0 unspecified atom stereocenters. The van der Waals surface area contributed by atoms with Crippen LogP contribution in [0.4, 0.5) is 11.5 Å². The van der Waals surface area contributed by atoms with Crippen molar-refractivity contribution < 1.29 is 0 Å². The molecule has 1 fully saturated rings. The number of aromatic amines is 1. The minimum Gasteiger partial charge on any atom is -0.382 e. The molecule has 3 aromatic rings. The van der Waals surface area contributed by atoms with Gasteiger partial charge in [-0.3, -0.25) is 0 Å². The Morgan fingerprint density at radius 3 is 2.62 bits per heavy atom. The highest BCUT2D eigenvalue weighted by atomic mass is 35.5. The van der Waals surface area contributed by atoms with Gasteiger partial charge in [-0.15, -0.1) is 12.4 Å². The van der Waals surface area contributed by atoms with E-state index in [0.717, 1.165) is 37.3 Å². The molecule has 2 aromatic heterocycles. The van der Waals surface area contributed by atoms with E-state index < -0.39 is 0 Å². The molecule has 24 heavy (non-hydrogen) atoms. The lowest BCUT2D eigenvalue weighted by Gasteiger charge is -2.33. The molecule has 0 amide bonds. The molecule has 126 valence electrons. The Bertz CT molecular complexity index is 799. The summed E-state index contributed by atoms with van der Waals surface area (Å²) in [5.41, 5.74) is 2.64. The number of nitrogens with zero attached hydrogens (tertiary/aromatic N) is 4. The molecule has 2 N–H and O–H groups in total. The van der Waals surface area contributed by atoms with Crippen molar-refractivity contribution in [3.8, 4) is 0 Å². The number of piperidine rings is 1. The number of halogens is 2. The number of aromatic nitrogens is 4. The zero-order chi connectivity index (χ0) is 15.6. The van der Waals surface area contributed by atoms with Crippen LogP contribution >= 0.6 is 24.0 Å². The van der Waals surface area contributed by atoms with Crippen molar-refractivity contribution >= 4 is 46.7 Å². The van der Waals surface area contributed by atoms with E-state index in [-0.39, 0.29) is 17.7 Å². The van der Waals surface area contributed by atoms with Crippen LogP contribution in [0.5, 0.6) is 0 Å². The second-order valence-corrected chi connectivity index (χ2v) is 6.03. The molecule has 0 radical (unpaired) electrons. The van der Waals surface area contributed by atoms with Crippen LogP contribution in [0.25, 0.3) is 11.2 Å². The molecule has 0 aliphatic carbocycles. The first-order valence-electron chi connectivity index (χ1n) is 7.73. The number of hydrogen-bond donors (Lipinski definition) is 2. The van der Waals surface area contributed by atoms with E-state index >= 15 is 0 Å². The number of nitrogens with one attached hydrogen (secondary N) is 2. The van der Waals surface area contributed by atoms with Crippen molar-refractivity contribution in [2.75, 3.05) is 23.3 Å². The molecule has 0 saturated carbocycles. The van der Waals surface area contributed by atoms with E-state index in [4.69, 9.17) is 11.6 Å². The molecule has 4 rings (SSSR count). The highest BCUT2D eigenvalue weighted by molar-refractivity contribution is 6.28. The Kier molecular flexibility index (Phi) is 5.06. The molecule has 6 nitrogen and oxygen atoms in total. The SMILES string of the molecule is Cl.Clc1nc(N2CCC(Nc3ccccc3)CC2)c2[nH]cnc2n1. The first kappa shape index (κ1) is 16.8. The Labute approximate surface area is 151 Å². The summed E-state index contributed by atoms with van der Waals surface area (Å²) < 4.78 is 0. The van der Waals surface area contributed by atoms with Gasteiger partial charge >= 0.3 is 0 Å². The smallest absolute Gasteiger partial charge is 0.226 e. The topological polar surface area (TPSA) is 69.7 Å². The quantitative estimate of drug-likeness (QED) is 0.695. The predicted molar refractivity (Wildman–Crippen MR) is 99.2 cm³/mol. The number of anilines is 2. The van der Waals surface area contributed by atoms with Gasteiger partial charge in [0.05, 0.1) is 6.33 Å². The second kappa shape index (κ2) is 7.23. The molecule has 8 heteroatoms. The highest BCUT2D eigenvalue weighted by Crippen LogP contribution is 2.26. The standard InChI is InChI=1S/C16H17ClN6.ClH/c17-16-21-14-13(18-10-19-14)15(22-16)23-8-6-12(7-9-23)20-11-4-2-1-3-5-11;/h1-5,10,12,20H,6-9H2,(H,18,19,21,22);1H. The lowest BCUT2D eigenvalue weighted by Crippen LogP contribution is -2.39. The van der Waals surface area contributed by atoms with Crippen LogP contribution in [-0.2, 0) is 0 Å². The maximum atomic E-state index is 6.02. The van der Waals surface area contributed by atoms with Crippen LogP contribution in [0, 0.1) is 0 Å². The van der Waals surface area contributed by atoms with Crippen LogP contribution in [-0.4, -0.2) is 39.1 Å². The van der Waals surface area contributed by atoms with Gasteiger partial charge in [0.2, 0.25) is 5.28 Å². The molecule has 1 aliphatic heterocycles. The minimum atomic E-state index is 0. The third-order valence-electron chi connectivity index (χ3n) is 4.18. The zero-order valence-electron chi connectivity index (χ0n) is 12.9. The van der Waals surface area contributed by atoms with Crippen LogP contribution in [0.2, 0.25) is 5.28 Å². The number of fused-ring (bicyclic) bond motifs is 1. The fraction of sp³-hybridized carbons (Fsp3) is 0.312. The molecule has 1 aliphatic rings. The third kappa shape index (κ3) is 3.39. The van der Waals surface area contributed by atoms with Crippen molar-refractivity contribution in [1.29, 1.82) is 0 Å². The van der Waals surface area contributed by atoms with Gasteiger partial charge in [0.15, 0.2) is 11.5 Å². The first-order valence-corrected chi connectivity index (χ1v) is 8.10. The minimum absolute atomic E-state index is 0. The van der Waals surface area contributed by atoms with Gasteiger partial charge in [-0.05, 0) is 36.6 Å². The van der Waals surface area contributed by atoms with Gasteiger partial charge < -0.3 is 15.2 Å². The summed E-state index contributed by atoms with van der Waals surface area (Å²) in [6, 6.07) is 10.8. The summed E-state index contributed by atoms with van der Waals surface area (Å²) >= 11 is 6.02. The molecule has 1 aromatic carbocycles. The van der Waals surface area contributed by atoms with Crippen molar-refractivity contribution in [2.45, 2.75) is 18.9 Å². The first-order chi connectivity index (χ1) is 11.3. The van der Waals surface area contributed by atoms with Crippen LogP contribution in [0.3, 0.4) is 0 Å². The molecule has 1 saturated heterocycles. The number of imidazole rings is 1. The van der Waals surface area contributed by atoms with Crippen LogP contribution < -0.4 is 10.2 Å². The maximum absolute atomic E-state index is 6.02. The van der Waals surface area contributed by atoms with Crippen molar-refractivity contribution in [3.63, 3.8) is 0 Å². The number of rotatable bonds is 3.